The lowest BCUT2D eigenvalue weighted by atomic mass is 9.67. The molecule has 0 fully saturated rings. The third kappa shape index (κ3) is 4.94. The molecule has 0 saturated carbocycles. The molecule has 0 aromatic heterocycles. The minimum atomic E-state index is -0.260. The highest BCUT2D eigenvalue weighted by Gasteiger charge is 2.33. The van der Waals surface area contributed by atoms with Crippen LogP contribution in [0.3, 0.4) is 0 Å². The maximum absolute atomic E-state index is 11.3. The van der Waals surface area contributed by atoms with Crippen molar-refractivity contribution < 1.29 is 9.53 Å². The maximum Gasteiger partial charge on any atom is 0.307 e. The standard InChI is InChI=1S/C23H30O2/c1-4-6-18-23(5-2,20-12-9-7-8-10-13-20)21-14-11-15-22(17-16-21)25-19(3)24/h7,9-14,16-17H,4-6,8,15,18H2,1-3H3. The normalized spacial score (nSPS) is 19.2. The molecule has 134 valence electrons. The van der Waals surface area contributed by atoms with Gasteiger partial charge in [-0.1, -0.05) is 75.3 Å². The third-order valence-electron chi connectivity index (χ3n) is 4.99. The van der Waals surface area contributed by atoms with Crippen LogP contribution in [0, 0.1) is 5.41 Å². The molecule has 0 amide bonds. The SMILES string of the molecule is CCCCC(CC)(C1=CC=CCC=C1)C1=CC=C(OC(C)=O)CC=C1. The summed E-state index contributed by atoms with van der Waals surface area (Å²) in [7, 11) is 0. The summed E-state index contributed by atoms with van der Waals surface area (Å²) in [6.45, 7) is 5.97. The quantitative estimate of drug-likeness (QED) is 0.506. The van der Waals surface area contributed by atoms with Crippen LogP contribution in [0.4, 0.5) is 0 Å². The van der Waals surface area contributed by atoms with Gasteiger partial charge in [0.2, 0.25) is 0 Å². The molecule has 0 saturated heterocycles. The Morgan fingerprint density at radius 2 is 1.84 bits per heavy atom. The monoisotopic (exact) mass is 338 g/mol. The molecule has 1 unspecified atom stereocenters. The van der Waals surface area contributed by atoms with Gasteiger partial charge in [-0.2, -0.15) is 0 Å². The Morgan fingerprint density at radius 1 is 1.08 bits per heavy atom. The first-order valence-electron chi connectivity index (χ1n) is 9.42. The summed E-state index contributed by atoms with van der Waals surface area (Å²) in [5.41, 5.74) is 2.68. The summed E-state index contributed by atoms with van der Waals surface area (Å²) >= 11 is 0. The zero-order valence-electron chi connectivity index (χ0n) is 15.8. The Kier molecular flexibility index (Phi) is 7.24. The highest BCUT2D eigenvalue weighted by molar-refractivity contribution is 5.67. The molecule has 0 bridgehead atoms. The number of carbonyl (C=O) groups is 1. The van der Waals surface area contributed by atoms with E-state index in [4.69, 9.17) is 4.74 Å². The molecule has 0 aromatic carbocycles. The van der Waals surface area contributed by atoms with Crippen LogP contribution in [-0.4, -0.2) is 5.97 Å². The molecule has 2 aliphatic carbocycles. The lowest BCUT2D eigenvalue weighted by Gasteiger charge is -2.36. The fraction of sp³-hybridized carbons (Fsp3) is 0.435. The Morgan fingerprint density at radius 3 is 2.56 bits per heavy atom. The Bertz CT molecular complexity index is 656. The smallest absolute Gasteiger partial charge is 0.307 e. The summed E-state index contributed by atoms with van der Waals surface area (Å²) in [6, 6.07) is 0. The van der Waals surface area contributed by atoms with Gasteiger partial charge in [0.15, 0.2) is 0 Å². The second-order valence-electron chi connectivity index (χ2n) is 6.68. The predicted molar refractivity (Wildman–Crippen MR) is 105 cm³/mol. The van der Waals surface area contributed by atoms with Crippen molar-refractivity contribution in [1.29, 1.82) is 0 Å². The number of hydrogen-bond donors (Lipinski definition) is 0. The molecule has 2 heteroatoms. The molecule has 0 N–H and O–H groups in total. The molecule has 0 heterocycles. The van der Waals surface area contributed by atoms with E-state index in [1.807, 2.05) is 6.08 Å². The molecular weight excluding hydrogens is 308 g/mol. The van der Waals surface area contributed by atoms with E-state index in [1.54, 1.807) is 0 Å². The van der Waals surface area contributed by atoms with Crippen LogP contribution < -0.4 is 0 Å². The fourth-order valence-electron chi connectivity index (χ4n) is 3.61. The van der Waals surface area contributed by atoms with Gasteiger partial charge in [-0.25, -0.2) is 0 Å². The lowest BCUT2D eigenvalue weighted by Crippen LogP contribution is -2.24. The molecule has 2 aliphatic rings. The van der Waals surface area contributed by atoms with Crippen molar-refractivity contribution in [1.82, 2.24) is 0 Å². The Labute approximate surface area is 152 Å². The van der Waals surface area contributed by atoms with Crippen LogP contribution >= 0.6 is 0 Å². The number of rotatable bonds is 7. The van der Waals surface area contributed by atoms with Crippen LogP contribution in [0.2, 0.25) is 0 Å². The van der Waals surface area contributed by atoms with Gasteiger partial charge >= 0.3 is 5.97 Å². The molecule has 0 aromatic rings. The molecule has 2 rings (SSSR count). The second-order valence-corrected chi connectivity index (χ2v) is 6.68. The van der Waals surface area contributed by atoms with Gasteiger partial charge in [0, 0.05) is 18.8 Å². The van der Waals surface area contributed by atoms with E-state index in [1.165, 1.54) is 30.9 Å². The summed E-state index contributed by atoms with van der Waals surface area (Å²) in [6.07, 6.45) is 25.8. The van der Waals surface area contributed by atoms with E-state index < -0.39 is 0 Å². The highest BCUT2D eigenvalue weighted by Crippen LogP contribution is 2.46. The molecule has 0 spiro atoms. The summed E-state index contributed by atoms with van der Waals surface area (Å²) in [5.74, 6) is 0.452. The average molecular weight is 338 g/mol. The first-order valence-corrected chi connectivity index (χ1v) is 9.42. The topological polar surface area (TPSA) is 26.3 Å². The van der Waals surface area contributed by atoms with Crippen molar-refractivity contribution in [2.75, 3.05) is 0 Å². The minimum absolute atomic E-state index is 0.000135. The number of allylic oxidation sites excluding steroid dienone is 11. The van der Waals surface area contributed by atoms with Gasteiger partial charge in [-0.05, 0) is 36.5 Å². The summed E-state index contributed by atoms with van der Waals surface area (Å²) < 4.78 is 5.30. The van der Waals surface area contributed by atoms with E-state index in [0.717, 1.165) is 19.3 Å². The van der Waals surface area contributed by atoms with E-state index in [2.05, 4.69) is 62.5 Å². The molecule has 1 atom stereocenters. The van der Waals surface area contributed by atoms with E-state index in [-0.39, 0.29) is 11.4 Å². The Hall–Kier alpha value is -2.09. The van der Waals surface area contributed by atoms with Gasteiger partial charge in [0.25, 0.3) is 0 Å². The van der Waals surface area contributed by atoms with Crippen molar-refractivity contribution in [3.63, 3.8) is 0 Å². The van der Waals surface area contributed by atoms with Gasteiger partial charge in [-0.3, -0.25) is 4.79 Å². The highest BCUT2D eigenvalue weighted by atomic mass is 16.5. The fourth-order valence-corrected chi connectivity index (χ4v) is 3.61. The zero-order valence-corrected chi connectivity index (χ0v) is 15.8. The Balaban J connectivity index is 2.45. The van der Waals surface area contributed by atoms with Crippen LogP contribution in [0.25, 0.3) is 0 Å². The maximum atomic E-state index is 11.3. The number of unbranched alkanes of at least 4 members (excludes halogenated alkanes) is 1. The van der Waals surface area contributed by atoms with Gasteiger partial charge in [0.05, 0.1) is 0 Å². The number of hydrogen-bond acceptors (Lipinski definition) is 2. The number of esters is 1. The van der Waals surface area contributed by atoms with Crippen molar-refractivity contribution >= 4 is 5.97 Å². The predicted octanol–water partition coefficient (Wildman–Crippen LogP) is 6.35. The van der Waals surface area contributed by atoms with Crippen LogP contribution in [0.1, 0.15) is 59.3 Å². The molecule has 0 aliphatic heterocycles. The average Bonchev–Trinajstić information content (AvgIpc) is 3.00. The van der Waals surface area contributed by atoms with Crippen molar-refractivity contribution in [3.8, 4) is 0 Å². The van der Waals surface area contributed by atoms with Crippen molar-refractivity contribution in [3.05, 3.63) is 71.6 Å². The van der Waals surface area contributed by atoms with Gasteiger partial charge in [-0.15, -0.1) is 0 Å². The zero-order chi connectivity index (χ0) is 18.1. The van der Waals surface area contributed by atoms with E-state index >= 15 is 0 Å². The van der Waals surface area contributed by atoms with Crippen LogP contribution in [0.15, 0.2) is 71.6 Å². The van der Waals surface area contributed by atoms with Gasteiger partial charge in [0.1, 0.15) is 5.76 Å². The molecular formula is C23H30O2. The van der Waals surface area contributed by atoms with Crippen molar-refractivity contribution in [2.24, 2.45) is 5.41 Å². The van der Waals surface area contributed by atoms with Gasteiger partial charge < -0.3 is 4.74 Å². The van der Waals surface area contributed by atoms with Crippen LogP contribution in [-0.2, 0) is 9.53 Å². The lowest BCUT2D eigenvalue weighted by molar-refractivity contribution is -0.136. The summed E-state index contributed by atoms with van der Waals surface area (Å²) in [4.78, 5) is 11.3. The van der Waals surface area contributed by atoms with E-state index in [0.29, 0.717) is 12.2 Å². The minimum Gasteiger partial charge on any atom is -0.431 e. The van der Waals surface area contributed by atoms with Crippen molar-refractivity contribution in [2.45, 2.75) is 59.3 Å². The number of ether oxygens (including phenoxy) is 1. The largest absolute Gasteiger partial charge is 0.431 e. The van der Waals surface area contributed by atoms with Crippen LogP contribution in [0.5, 0.6) is 0 Å². The second kappa shape index (κ2) is 9.41. The number of carbonyl (C=O) groups excluding carboxylic acids is 1. The molecule has 2 nitrogen and oxygen atoms in total. The third-order valence-corrected chi connectivity index (χ3v) is 4.99. The summed E-state index contributed by atoms with van der Waals surface area (Å²) in [5, 5.41) is 0. The first-order chi connectivity index (χ1) is 12.1. The molecule has 25 heavy (non-hydrogen) atoms. The van der Waals surface area contributed by atoms with E-state index in [9.17, 15) is 4.79 Å². The molecule has 0 radical (unpaired) electrons. The first kappa shape index (κ1) is 19.2.